The van der Waals surface area contributed by atoms with Crippen molar-refractivity contribution in [2.75, 3.05) is 0 Å². The van der Waals surface area contributed by atoms with E-state index in [0.29, 0.717) is 28.4 Å². The lowest BCUT2D eigenvalue weighted by Gasteiger charge is -2.40. The van der Waals surface area contributed by atoms with Gasteiger partial charge in [0, 0.05) is 12.8 Å². The predicted octanol–water partition coefficient (Wildman–Crippen LogP) is 5.77. The van der Waals surface area contributed by atoms with Gasteiger partial charge in [-0.1, -0.05) is 53.4 Å². The van der Waals surface area contributed by atoms with Gasteiger partial charge in [0.1, 0.15) is 5.78 Å². The fraction of sp³-hybridized carbons (Fsp3) is 0.947. The van der Waals surface area contributed by atoms with Crippen molar-refractivity contribution in [3.63, 3.8) is 0 Å². The second-order valence-electron chi connectivity index (χ2n) is 8.81. The van der Waals surface area contributed by atoms with Crippen LogP contribution in [0.4, 0.5) is 0 Å². The third-order valence-electron chi connectivity index (χ3n) is 6.41. The minimum Gasteiger partial charge on any atom is -0.300 e. The Morgan fingerprint density at radius 3 is 1.55 bits per heavy atom. The van der Waals surface area contributed by atoms with Gasteiger partial charge in [-0.05, 0) is 48.3 Å². The Balaban J connectivity index is 1.88. The molecular weight excluding hydrogens is 244 g/mol. The first-order valence-corrected chi connectivity index (χ1v) is 8.83. The highest BCUT2D eigenvalue weighted by molar-refractivity contribution is 5.79. The summed E-state index contributed by atoms with van der Waals surface area (Å²) in [7, 11) is 0. The van der Waals surface area contributed by atoms with Crippen LogP contribution in [0.5, 0.6) is 0 Å². The normalized spacial score (nSPS) is 32.8. The van der Waals surface area contributed by atoms with Crippen molar-refractivity contribution < 1.29 is 4.79 Å². The Bertz CT molecular complexity index is 308. The fourth-order valence-corrected chi connectivity index (χ4v) is 4.52. The molecule has 2 aliphatic rings. The largest absolute Gasteiger partial charge is 0.300 e. The van der Waals surface area contributed by atoms with Crippen molar-refractivity contribution in [2.45, 2.75) is 91.9 Å². The van der Waals surface area contributed by atoms with Gasteiger partial charge in [-0.3, -0.25) is 4.79 Å². The maximum Gasteiger partial charge on any atom is 0.133 e. The lowest BCUT2D eigenvalue weighted by molar-refractivity contribution is -0.123. The average molecular weight is 278 g/mol. The molecule has 0 N–H and O–H groups in total. The lowest BCUT2D eigenvalue weighted by atomic mass is 9.64. The van der Waals surface area contributed by atoms with Crippen LogP contribution in [-0.2, 0) is 4.79 Å². The highest BCUT2D eigenvalue weighted by Gasteiger charge is 2.36. The van der Waals surface area contributed by atoms with Gasteiger partial charge in [-0.15, -0.1) is 0 Å². The van der Waals surface area contributed by atoms with E-state index < -0.39 is 0 Å². The molecule has 2 atom stereocenters. The first-order valence-electron chi connectivity index (χ1n) is 8.83. The zero-order chi connectivity index (χ0) is 14.8. The molecule has 0 radical (unpaired) electrons. The molecule has 2 fully saturated rings. The smallest absolute Gasteiger partial charge is 0.133 e. The molecule has 1 nitrogen and oxygen atoms in total. The summed E-state index contributed by atoms with van der Waals surface area (Å²) >= 11 is 0. The van der Waals surface area contributed by atoms with Crippen molar-refractivity contribution in [1.82, 2.24) is 0 Å². The van der Waals surface area contributed by atoms with E-state index in [1.165, 1.54) is 51.4 Å². The van der Waals surface area contributed by atoms with Gasteiger partial charge in [0.25, 0.3) is 0 Å². The maximum atomic E-state index is 12.6. The van der Waals surface area contributed by atoms with Crippen LogP contribution in [0.15, 0.2) is 0 Å². The number of carbonyl (C=O) groups is 1. The zero-order valence-corrected chi connectivity index (χ0v) is 14.1. The van der Waals surface area contributed by atoms with E-state index in [0.717, 1.165) is 12.8 Å². The zero-order valence-electron chi connectivity index (χ0n) is 14.1. The van der Waals surface area contributed by atoms with E-state index in [-0.39, 0.29) is 0 Å². The molecule has 2 aliphatic carbocycles. The molecule has 0 aliphatic heterocycles. The number of ketones is 1. The minimum absolute atomic E-state index is 0.385. The molecule has 2 rings (SSSR count). The predicted molar refractivity (Wildman–Crippen MR) is 85.7 cm³/mol. The molecule has 116 valence electrons. The van der Waals surface area contributed by atoms with Crippen LogP contribution in [0.3, 0.4) is 0 Å². The average Bonchev–Trinajstić information content (AvgIpc) is 2.34. The molecule has 2 saturated carbocycles. The third-order valence-corrected chi connectivity index (χ3v) is 6.41. The number of hydrogen-bond donors (Lipinski definition) is 0. The number of rotatable bonds is 4. The standard InChI is InChI=1S/C19H34O/c1-18(2)11-7-5-9-15(18)13-17(20)14-16-10-6-8-12-19(16,3)4/h15-16H,5-14H2,1-4H3. The molecule has 0 amide bonds. The highest BCUT2D eigenvalue weighted by atomic mass is 16.1. The third kappa shape index (κ3) is 3.86. The summed E-state index contributed by atoms with van der Waals surface area (Å²) < 4.78 is 0. The molecule has 0 spiro atoms. The van der Waals surface area contributed by atoms with Crippen molar-refractivity contribution in [3.8, 4) is 0 Å². The Kier molecular flexibility index (Phi) is 4.97. The van der Waals surface area contributed by atoms with E-state index in [2.05, 4.69) is 27.7 Å². The van der Waals surface area contributed by atoms with Crippen LogP contribution in [0.25, 0.3) is 0 Å². The quantitative estimate of drug-likeness (QED) is 0.638. The molecule has 0 saturated heterocycles. The summed E-state index contributed by atoms with van der Waals surface area (Å²) in [6.45, 7) is 9.48. The Hall–Kier alpha value is -0.330. The fourth-order valence-electron chi connectivity index (χ4n) is 4.52. The summed E-state index contributed by atoms with van der Waals surface area (Å²) in [5.41, 5.74) is 0.770. The molecule has 20 heavy (non-hydrogen) atoms. The Morgan fingerprint density at radius 2 is 1.20 bits per heavy atom. The lowest BCUT2D eigenvalue weighted by Crippen LogP contribution is -2.33. The number of hydrogen-bond acceptors (Lipinski definition) is 1. The maximum absolute atomic E-state index is 12.6. The molecule has 0 aromatic heterocycles. The van der Waals surface area contributed by atoms with Crippen LogP contribution >= 0.6 is 0 Å². The van der Waals surface area contributed by atoms with Gasteiger partial charge < -0.3 is 0 Å². The van der Waals surface area contributed by atoms with Crippen LogP contribution in [0.1, 0.15) is 91.9 Å². The van der Waals surface area contributed by atoms with Crippen LogP contribution in [0, 0.1) is 22.7 Å². The van der Waals surface area contributed by atoms with Crippen molar-refractivity contribution in [1.29, 1.82) is 0 Å². The van der Waals surface area contributed by atoms with Gasteiger partial charge in [-0.2, -0.15) is 0 Å². The van der Waals surface area contributed by atoms with Crippen LogP contribution in [0.2, 0.25) is 0 Å². The topological polar surface area (TPSA) is 17.1 Å². The Labute approximate surface area is 125 Å². The molecule has 0 aromatic rings. The molecular formula is C19H34O. The van der Waals surface area contributed by atoms with Gasteiger partial charge >= 0.3 is 0 Å². The molecule has 0 bridgehead atoms. The summed E-state index contributed by atoms with van der Waals surface area (Å²) in [6.07, 6.45) is 12.2. The van der Waals surface area contributed by atoms with Gasteiger partial charge in [0.15, 0.2) is 0 Å². The second kappa shape index (κ2) is 6.20. The summed E-state index contributed by atoms with van der Waals surface area (Å²) in [5, 5.41) is 0. The monoisotopic (exact) mass is 278 g/mol. The summed E-state index contributed by atoms with van der Waals surface area (Å²) in [4.78, 5) is 12.6. The molecule has 0 heterocycles. The SMILES string of the molecule is CC1(C)CCCCC1CC(=O)CC1CCCCC1(C)C. The Morgan fingerprint density at radius 1 is 0.800 bits per heavy atom. The van der Waals surface area contributed by atoms with E-state index in [1.807, 2.05) is 0 Å². The summed E-state index contributed by atoms with van der Waals surface area (Å²) in [6, 6.07) is 0. The highest BCUT2D eigenvalue weighted by Crippen LogP contribution is 2.45. The first-order chi connectivity index (χ1) is 9.31. The van der Waals surface area contributed by atoms with Gasteiger partial charge in [0.05, 0.1) is 0 Å². The molecule has 2 unspecified atom stereocenters. The van der Waals surface area contributed by atoms with Crippen molar-refractivity contribution in [2.24, 2.45) is 22.7 Å². The molecule has 0 aromatic carbocycles. The molecule has 1 heteroatoms. The van der Waals surface area contributed by atoms with E-state index >= 15 is 0 Å². The van der Waals surface area contributed by atoms with Crippen LogP contribution in [-0.4, -0.2) is 5.78 Å². The first kappa shape index (κ1) is 16.0. The van der Waals surface area contributed by atoms with Crippen LogP contribution < -0.4 is 0 Å². The van der Waals surface area contributed by atoms with Gasteiger partial charge in [-0.25, -0.2) is 0 Å². The van der Waals surface area contributed by atoms with Crippen molar-refractivity contribution in [3.05, 3.63) is 0 Å². The second-order valence-corrected chi connectivity index (χ2v) is 8.81. The van der Waals surface area contributed by atoms with E-state index in [9.17, 15) is 4.79 Å². The summed E-state index contributed by atoms with van der Waals surface area (Å²) in [5.74, 6) is 1.82. The minimum atomic E-state index is 0.385. The van der Waals surface area contributed by atoms with Crippen molar-refractivity contribution >= 4 is 5.78 Å². The number of carbonyl (C=O) groups excluding carboxylic acids is 1. The number of Topliss-reactive ketones (excluding diaryl/α,β-unsaturated/α-hetero) is 1. The van der Waals surface area contributed by atoms with E-state index in [4.69, 9.17) is 0 Å². The van der Waals surface area contributed by atoms with E-state index in [1.54, 1.807) is 0 Å². The van der Waals surface area contributed by atoms with Gasteiger partial charge in [0.2, 0.25) is 0 Å².